The van der Waals surface area contributed by atoms with E-state index in [-0.39, 0.29) is 12.6 Å². The van der Waals surface area contributed by atoms with Crippen LogP contribution in [0.4, 0.5) is 0 Å². The van der Waals surface area contributed by atoms with Crippen LogP contribution in [0.2, 0.25) is 0 Å². The highest BCUT2D eigenvalue weighted by atomic mass is 79.9. The monoisotopic (exact) mass is 459 g/mol. The number of ether oxygens (including phenoxy) is 1. The number of benzene rings is 3. The van der Waals surface area contributed by atoms with Gasteiger partial charge in [-0.05, 0) is 42.8 Å². The summed E-state index contributed by atoms with van der Waals surface area (Å²) < 4.78 is 8.47. The fraction of sp³-hybridized carbons (Fsp3) is 0.125. The normalized spacial score (nSPS) is 12.5. The van der Waals surface area contributed by atoms with E-state index < -0.39 is 6.04 Å². The van der Waals surface area contributed by atoms with Gasteiger partial charge in [0.1, 0.15) is 18.2 Å². The number of nitrogens with zero attached hydrogens (tertiary/aromatic N) is 3. The molecule has 0 amide bonds. The van der Waals surface area contributed by atoms with E-state index in [1.165, 1.54) is 0 Å². The molecule has 5 rings (SSSR count). The van der Waals surface area contributed by atoms with Gasteiger partial charge in [0.25, 0.3) is 0 Å². The lowest BCUT2D eigenvalue weighted by molar-refractivity contribution is -0.148. The topological polar surface area (TPSA) is 57.0 Å². The van der Waals surface area contributed by atoms with Gasteiger partial charge in [-0.1, -0.05) is 58.4 Å². The first-order valence-corrected chi connectivity index (χ1v) is 10.5. The Morgan fingerprint density at radius 2 is 1.70 bits per heavy atom. The van der Waals surface area contributed by atoms with Crippen molar-refractivity contribution in [2.45, 2.75) is 19.6 Å². The highest BCUT2D eigenvalue weighted by molar-refractivity contribution is 9.10. The minimum atomic E-state index is -0.551. The van der Waals surface area contributed by atoms with Crippen LogP contribution < -0.4 is 0 Å². The van der Waals surface area contributed by atoms with Crippen molar-refractivity contribution >= 4 is 55.0 Å². The van der Waals surface area contributed by atoms with Crippen LogP contribution in [-0.4, -0.2) is 20.5 Å². The molecule has 0 aliphatic heterocycles. The Kier molecular flexibility index (Phi) is 4.71. The molecule has 2 heterocycles. The maximum Gasteiger partial charge on any atom is 0.329 e. The largest absolute Gasteiger partial charge is 0.459 e. The van der Waals surface area contributed by atoms with E-state index in [1.54, 1.807) is 0 Å². The maximum atomic E-state index is 12.9. The zero-order chi connectivity index (χ0) is 20.7. The third-order valence-corrected chi connectivity index (χ3v) is 5.70. The highest BCUT2D eigenvalue weighted by Gasteiger charge is 2.24. The summed E-state index contributed by atoms with van der Waals surface area (Å²) in [4.78, 5) is 22.6. The Balaban J connectivity index is 1.62. The van der Waals surface area contributed by atoms with E-state index in [2.05, 4.69) is 15.9 Å². The highest BCUT2D eigenvalue weighted by Crippen LogP contribution is 2.33. The summed E-state index contributed by atoms with van der Waals surface area (Å²) >= 11 is 3.54. The number of hydrogen-bond donors (Lipinski definition) is 0. The molecule has 0 saturated carbocycles. The molecule has 5 nitrogen and oxygen atoms in total. The predicted octanol–water partition coefficient (Wildman–Crippen LogP) is 5.80. The molecule has 0 aliphatic rings. The quantitative estimate of drug-likeness (QED) is 0.318. The molecule has 0 N–H and O–H groups in total. The molecular weight excluding hydrogens is 442 g/mol. The van der Waals surface area contributed by atoms with Gasteiger partial charge in [0.05, 0.1) is 16.6 Å². The van der Waals surface area contributed by atoms with Gasteiger partial charge in [0.2, 0.25) is 0 Å². The van der Waals surface area contributed by atoms with Crippen LogP contribution in [-0.2, 0) is 16.1 Å². The number of para-hydroxylation sites is 2. The number of esters is 1. The van der Waals surface area contributed by atoms with Gasteiger partial charge in [-0.3, -0.25) is 0 Å². The molecule has 1 unspecified atom stereocenters. The van der Waals surface area contributed by atoms with Gasteiger partial charge in [-0.15, -0.1) is 0 Å². The molecule has 0 fully saturated rings. The Bertz CT molecular complexity index is 1400. The van der Waals surface area contributed by atoms with E-state index in [4.69, 9.17) is 14.7 Å². The molecule has 0 spiro atoms. The van der Waals surface area contributed by atoms with Crippen LogP contribution in [0.3, 0.4) is 0 Å². The van der Waals surface area contributed by atoms with Gasteiger partial charge in [-0.2, -0.15) is 0 Å². The van der Waals surface area contributed by atoms with Crippen molar-refractivity contribution < 1.29 is 9.53 Å². The standard InChI is InChI=1S/C24H18BrN3O2/c1-15(24(29)30-14-16-7-3-2-4-8-16)28-21-12-11-17(25)13-18(21)22-23(28)27-20-10-6-5-9-19(20)26-22/h2-13,15H,14H2,1H3. The van der Waals surface area contributed by atoms with Crippen LogP contribution >= 0.6 is 15.9 Å². The van der Waals surface area contributed by atoms with Crippen molar-refractivity contribution in [2.24, 2.45) is 0 Å². The van der Waals surface area contributed by atoms with Crippen molar-refractivity contribution in [3.63, 3.8) is 0 Å². The molecule has 2 aromatic heterocycles. The molecule has 30 heavy (non-hydrogen) atoms. The number of hydrogen-bond acceptors (Lipinski definition) is 4. The molecule has 5 aromatic rings. The van der Waals surface area contributed by atoms with Gasteiger partial charge in [0, 0.05) is 9.86 Å². The lowest BCUT2D eigenvalue weighted by Gasteiger charge is -2.15. The molecule has 148 valence electrons. The van der Waals surface area contributed by atoms with E-state index in [0.717, 1.165) is 37.5 Å². The number of fused-ring (bicyclic) bond motifs is 4. The molecule has 3 aromatic carbocycles. The minimum Gasteiger partial charge on any atom is -0.459 e. The van der Waals surface area contributed by atoms with E-state index in [0.29, 0.717) is 5.65 Å². The molecule has 0 aliphatic carbocycles. The van der Waals surface area contributed by atoms with Crippen molar-refractivity contribution in [1.29, 1.82) is 0 Å². The Hall–Kier alpha value is -3.25. The van der Waals surface area contributed by atoms with Gasteiger partial charge in [-0.25, -0.2) is 14.8 Å². The number of carbonyl (C=O) groups is 1. The third-order valence-electron chi connectivity index (χ3n) is 5.21. The van der Waals surface area contributed by atoms with Crippen molar-refractivity contribution in [2.75, 3.05) is 0 Å². The average molecular weight is 460 g/mol. The van der Waals surface area contributed by atoms with Crippen LogP contribution in [0.5, 0.6) is 0 Å². The van der Waals surface area contributed by atoms with E-state index in [1.807, 2.05) is 84.3 Å². The zero-order valence-electron chi connectivity index (χ0n) is 16.2. The second kappa shape index (κ2) is 7.54. The number of halogens is 1. The maximum absolute atomic E-state index is 12.9. The van der Waals surface area contributed by atoms with Crippen molar-refractivity contribution in [1.82, 2.24) is 14.5 Å². The number of rotatable bonds is 4. The summed E-state index contributed by atoms with van der Waals surface area (Å²) in [6.45, 7) is 2.08. The number of carbonyl (C=O) groups excluding carboxylic acids is 1. The lowest BCUT2D eigenvalue weighted by Crippen LogP contribution is -2.19. The summed E-state index contributed by atoms with van der Waals surface area (Å²) in [6, 6.07) is 22.8. The van der Waals surface area contributed by atoms with Gasteiger partial charge < -0.3 is 9.30 Å². The Morgan fingerprint density at radius 1 is 1.00 bits per heavy atom. The summed E-state index contributed by atoms with van der Waals surface area (Å²) in [5.74, 6) is -0.310. The van der Waals surface area contributed by atoms with E-state index >= 15 is 0 Å². The van der Waals surface area contributed by atoms with Crippen LogP contribution in [0, 0.1) is 0 Å². The zero-order valence-corrected chi connectivity index (χ0v) is 17.8. The second-order valence-corrected chi connectivity index (χ2v) is 8.10. The second-order valence-electron chi connectivity index (χ2n) is 7.19. The summed E-state index contributed by atoms with van der Waals surface area (Å²) in [5.41, 5.74) is 4.91. The molecule has 0 saturated heterocycles. The molecular formula is C24H18BrN3O2. The third kappa shape index (κ3) is 3.23. The van der Waals surface area contributed by atoms with Crippen LogP contribution in [0.25, 0.3) is 33.1 Å². The smallest absolute Gasteiger partial charge is 0.329 e. The fourth-order valence-corrected chi connectivity index (χ4v) is 4.07. The summed E-state index contributed by atoms with van der Waals surface area (Å²) in [7, 11) is 0. The molecule has 0 radical (unpaired) electrons. The van der Waals surface area contributed by atoms with Crippen molar-refractivity contribution in [3.8, 4) is 0 Å². The first-order valence-electron chi connectivity index (χ1n) is 9.68. The van der Waals surface area contributed by atoms with Gasteiger partial charge >= 0.3 is 5.97 Å². The van der Waals surface area contributed by atoms with E-state index in [9.17, 15) is 4.79 Å². The fourth-order valence-electron chi connectivity index (χ4n) is 3.71. The summed E-state index contributed by atoms with van der Waals surface area (Å²) in [6.07, 6.45) is 0. The predicted molar refractivity (Wildman–Crippen MR) is 121 cm³/mol. The first kappa shape index (κ1) is 18.8. The van der Waals surface area contributed by atoms with Crippen LogP contribution in [0.1, 0.15) is 18.5 Å². The lowest BCUT2D eigenvalue weighted by atomic mass is 10.2. The summed E-state index contributed by atoms with van der Waals surface area (Å²) in [5, 5.41) is 0.945. The molecule has 0 bridgehead atoms. The Labute approximate surface area is 181 Å². The SMILES string of the molecule is CC(C(=O)OCc1ccccc1)n1c2ccc(Br)cc2c2nc3ccccc3nc21. The molecule has 6 heteroatoms. The molecule has 1 atom stereocenters. The number of aromatic nitrogens is 3. The first-order chi connectivity index (χ1) is 14.6. The van der Waals surface area contributed by atoms with Crippen LogP contribution in [0.15, 0.2) is 77.3 Å². The Morgan fingerprint density at radius 3 is 2.47 bits per heavy atom. The average Bonchev–Trinajstić information content (AvgIpc) is 3.08. The minimum absolute atomic E-state index is 0.237. The van der Waals surface area contributed by atoms with Gasteiger partial charge in [0.15, 0.2) is 5.65 Å². The van der Waals surface area contributed by atoms with Crippen molar-refractivity contribution in [3.05, 3.63) is 82.8 Å².